The van der Waals surface area contributed by atoms with Crippen LogP contribution in [0.15, 0.2) is 48.1 Å². The Morgan fingerprint density at radius 3 is 2.59 bits per heavy atom. The minimum absolute atomic E-state index is 0.116. The maximum Gasteiger partial charge on any atom is 0.268 e. The Balaban J connectivity index is 1.60. The van der Waals surface area contributed by atoms with E-state index >= 15 is 0 Å². The molecule has 2 aromatic heterocycles. The summed E-state index contributed by atoms with van der Waals surface area (Å²) in [5, 5.41) is 1.87. The first-order chi connectivity index (χ1) is 14.1. The largest absolute Gasteiger partial charge is 0.341 e. The quantitative estimate of drug-likeness (QED) is 0.605. The topological polar surface area (TPSA) is 49.3 Å². The summed E-state index contributed by atoms with van der Waals surface area (Å²) in [6.45, 7) is 4.10. The zero-order valence-corrected chi connectivity index (χ0v) is 17.2. The predicted octanol–water partition coefficient (Wildman–Crippen LogP) is 4.82. The predicted molar refractivity (Wildman–Crippen MR) is 114 cm³/mol. The van der Waals surface area contributed by atoms with Crippen molar-refractivity contribution in [2.24, 2.45) is 0 Å². The molecule has 1 aliphatic heterocycles. The van der Waals surface area contributed by atoms with Crippen LogP contribution in [0, 0.1) is 12.7 Å². The van der Waals surface area contributed by atoms with Gasteiger partial charge in [0.15, 0.2) is 0 Å². The molecule has 1 saturated heterocycles. The molecule has 29 heavy (non-hydrogen) atoms. The summed E-state index contributed by atoms with van der Waals surface area (Å²) in [6, 6.07) is 8.13. The molecule has 5 nitrogen and oxygen atoms in total. The lowest BCUT2D eigenvalue weighted by Crippen LogP contribution is -2.32. The van der Waals surface area contributed by atoms with E-state index < -0.39 is 0 Å². The van der Waals surface area contributed by atoms with Gasteiger partial charge in [0.1, 0.15) is 5.82 Å². The van der Waals surface area contributed by atoms with Crippen LogP contribution in [0.3, 0.4) is 0 Å². The van der Waals surface area contributed by atoms with Crippen molar-refractivity contribution in [2.45, 2.75) is 32.7 Å². The number of thiophene rings is 1. The van der Waals surface area contributed by atoms with Crippen LogP contribution in [0.25, 0.3) is 0 Å². The van der Waals surface area contributed by atoms with Crippen LogP contribution in [-0.4, -0.2) is 29.0 Å². The molecule has 0 spiro atoms. The molecule has 0 unspecified atom stereocenters. The molecule has 3 heterocycles. The number of halogens is 1. The van der Waals surface area contributed by atoms with Crippen molar-refractivity contribution >= 4 is 28.9 Å². The van der Waals surface area contributed by atoms with Crippen molar-refractivity contribution in [1.29, 1.82) is 0 Å². The second-order valence-electron chi connectivity index (χ2n) is 7.24. The van der Waals surface area contributed by atoms with E-state index in [-0.39, 0.29) is 11.7 Å². The molecular weight excluding hydrogens is 387 g/mol. The lowest BCUT2D eigenvalue weighted by atomic mass is 10.1. The number of hydrogen-bond donors (Lipinski definition) is 0. The first kappa shape index (κ1) is 19.5. The summed E-state index contributed by atoms with van der Waals surface area (Å²) >= 11 is 1.39. The molecule has 0 radical (unpaired) electrons. The van der Waals surface area contributed by atoms with Gasteiger partial charge in [-0.1, -0.05) is 6.07 Å². The fraction of sp³-hybridized carbons (Fsp3) is 0.318. The van der Waals surface area contributed by atoms with Gasteiger partial charge in [-0.05, 0) is 61.4 Å². The molecule has 1 amide bonds. The highest BCUT2D eigenvalue weighted by atomic mass is 32.1. The number of anilines is 2. The Morgan fingerprint density at radius 1 is 1.17 bits per heavy atom. The van der Waals surface area contributed by atoms with Crippen molar-refractivity contribution in [3.63, 3.8) is 0 Å². The zero-order valence-electron chi connectivity index (χ0n) is 16.3. The van der Waals surface area contributed by atoms with E-state index in [0.717, 1.165) is 37.4 Å². The fourth-order valence-corrected chi connectivity index (χ4v) is 4.26. The first-order valence-corrected chi connectivity index (χ1v) is 10.7. The zero-order chi connectivity index (χ0) is 20.2. The summed E-state index contributed by atoms with van der Waals surface area (Å²) in [6.07, 6.45) is 7.15. The summed E-state index contributed by atoms with van der Waals surface area (Å²) in [5.74, 6) is 0.307. The van der Waals surface area contributed by atoms with E-state index in [1.54, 1.807) is 29.4 Å². The molecule has 0 atom stereocenters. The van der Waals surface area contributed by atoms with E-state index in [4.69, 9.17) is 0 Å². The van der Waals surface area contributed by atoms with Gasteiger partial charge in [0.2, 0.25) is 5.95 Å². The smallest absolute Gasteiger partial charge is 0.268 e. The summed E-state index contributed by atoms with van der Waals surface area (Å²) in [5.41, 5.74) is 2.23. The van der Waals surface area contributed by atoms with Crippen molar-refractivity contribution in [3.05, 3.63) is 69.9 Å². The Hall–Kier alpha value is -2.80. The molecule has 4 rings (SSSR count). The average Bonchev–Trinajstić information content (AvgIpc) is 3.28. The monoisotopic (exact) mass is 410 g/mol. The Labute approximate surface area is 173 Å². The molecule has 3 aromatic rings. The van der Waals surface area contributed by atoms with Crippen molar-refractivity contribution in [2.75, 3.05) is 22.9 Å². The van der Waals surface area contributed by atoms with Crippen LogP contribution in [0.2, 0.25) is 0 Å². The van der Waals surface area contributed by atoms with Crippen molar-refractivity contribution in [3.8, 4) is 0 Å². The number of piperidine rings is 1. The van der Waals surface area contributed by atoms with Crippen LogP contribution >= 0.6 is 11.3 Å². The number of benzene rings is 1. The SMILES string of the molecule is Cc1cc(F)ccc1N(Cc1cnc(N2CCCCC2)nc1)C(=O)c1cccs1. The third-order valence-electron chi connectivity index (χ3n) is 5.10. The fourth-order valence-electron chi connectivity index (χ4n) is 3.59. The Kier molecular flexibility index (Phi) is 5.85. The molecule has 0 bridgehead atoms. The van der Waals surface area contributed by atoms with E-state index in [1.807, 2.05) is 18.4 Å². The molecular formula is C22H23FN4OS. The summed E-state index contributed by atoms with van der Waals surface area (Å²) in [4.78, 5) is 26.7. The van der Waals surface area contributed by atoms with E-state index in [0.29, 0.717) is 22.7 Å². The lowest BCUT2D eigenvalue weighted by molar-refractivity contribution is 0.0989. The van der Waals surface area contributed by atoms with Crippen molar-refractivity contribution < 1.29 is 9.18 Å². The normalized spacial score (nSPS) is 14.1. The minimum Gasteiger partial charge on any atom is -0.341 e. The molecule has 0 aliphatic carbocycles. The number of nitrogens with zero attached hydrogens (tertiary/aromatic N) is 4. The van der Waals surface area contributed by atoms with E-state index in [2.05, 4.69) is 14.9 Å². The minimum atomic E-state index is -0.316. The highest BCUT2D eigenvalue weighted by Crippen LogP contribution is 2.26. The highest BCUT2D eigenvalue weighted by Gasteiger charge is 2.22. The first-order valence-electron chi connectivity index (χ1n) is 9.79. The Morgan fingerprint density at radius 2 is 1.93 bits per heavy atom. The molecule has 1 aliphatic rings. The third-order valence-corrected chi connectivity index (χ3v) is 5.96. The number of amides is 1. The van der Waals surface area contributed by atoms with Crippen LogP contribution in [0.4, 0.5) is 16.0 Å². The van der Waals surface area contributed by atoms with Gasteiger partial charge in [-0.3, -0.25) is 4.79 Å². The van der Waals surface area contributed by atoms with Crippen molar-refractivity contribution in [1.82, 2.24) is 9.97 Å². The summed E-state index contributed by atoms with van der Waals surface area (Å²) < 4.78 is 13.6. The molecule has 0 saturated carbocycles. The molecule has 0 N–H and O–H groups in total. The van der Waals surface area contributed by atoms with E-state index in [1.165, 1.54) is 29.9 Å². The highest BCUT2D eigenvalue weighted by molar-refractivity contribution is 7.12. The van der Waals surface area contributed by atoms with Gasteiger partial charge < -0.3 is 9.80 Å². The molecule has 1 fully saturated rings. The maximum absolute atomic E-state index is 13.6. The van der Waals surface area contributed by atoms with Crippen LogP contribution in [0.5, 0.6) is 0 Å². The van der Waals surface area contributed by atoms with Gasteiger partial charge in [-0.15, -0.1) is 11.3 Å². The summed E-state index contributed by atoms with van der Waals surface area (Å²) in [7, 11) is 0. The van der Waals surface area contributed by atoms with Crippen LogP contribution < -0.4 is 9.80 Å². The number of carbonyl (C=O) groups excluding carboxylic acids is 1. The second-order valence-corrected chi connectivity index (χ2v) is 8.19. The van der Waals surface area contributed by atoms with E-state index in [9.17, 15) is 9.18 Å². The second kappa shape index (κ2) is 8.69. The van der Waals surface area contributed by atoms with Crippen LogP contribution in [-0.2, 0) is 6.54 Å². The van der Waals surface area contributed by atoms with Gasteiger partial charge in [-0.25, -0.2) is 14.4 Å². The third kappa shape index (κ3) is 4.45. The molecule has 7 heteroatoms. The van der Waals surface area contributed by atoms with Crippen LogP contribution in [0.1, 0.15) is 40.1 Å². The molecule has 150 valence electrons. The van der Waals surface area contributed by atoms with Gasteiger partial charge in [0.25, 0.3) is 5.91 Å². The average molecular weight is 411 g/mol. The number of aromatic nitrogens is 2. The number of rotatable bonds is 5. The Bertz CT molecular complexity index is 969. The lowest BCUT2D eigenvalue weighted by Gasteiger charge is -2.27. The van der Waals surface area contributed by atoms with Gasteiger partial charge in [0.05, 0.1) is 11.4 Å². The molecule has 1 aromatic carbocycles. The van der Waals surface area contributed by atoms with Gasteiger partial charge in [0, 0.05) is 36.7 Å². The maximum atomic E-state index is 13.6. The number of carbonyl (C=O) groups is 1. The standard InChI is InChI=1S/C22H23FN4OS/c1-16-12-18(23)7-8-19(16)27(21(28)20-6-5-11-29-20)15-17-13-24-22(25-14-17)26-9-3-2-4-10-26/h5-8,11-14H,2-4,9-10,15H2,1H3. The van der Waals surface area contributed by atoms with Gasteiger partial charge in [-0.2, -0.15) is 0 Å². The van der Waals surface area contributed by atoms with Gasteiger partial charge >= 0.3 is 0 Å². The number of aryl methyl sites for hydroxylation is 1. The number of hydrogen-bond acceptors (Lipinski definition) is 5.